The molecular formula is C13H14FNO3. The number of carbonyl (C=O) groups is 2. The summed E-state index contributed by atoms with van der Waals surface area (Å²) >= 11 is 0. The number of hydrogen-bond acceptors (Lipinski definition) is 3. The van der Waals surface area contributed by atoms with E-state index in [9.17, 15) is 14.0 Å². The van der Waals surface area contributed by atoms with Gasteiger partial charge in [0.15, 0.2) is 6.61 Å². The monoisotopic (exact) mass is 251 g/mol. The smallest absolute Gasteiger partial charge is 0.309 e. The molecule has 1 aliphatic rings. The van der Waals surface area contributed by atoms with E-state index in [4.69, 9.17) is 4.74 Å². The van der Waals surface area contributed by atoms with Crippen molar-refractivity contribution in [1.82, 2.24) is 0 Å². The van der Waals surface area contributed by atoms with E-state index in [-0.39, 0.29) is 24.2 Å². The average molecular weight is 251 g/mol. The SMILES string of the molecule is Cc1ccc(NC(=O)COC(=O)C2CC2)c(F)c1. The van der Waals surface area contributed by atoms with Gasteiger partial charge in [0.25, 0.3) is 5.91 Å². The number of rotatable bonds is 4. The summed E-state index contributed by atoms with van der Waals surface area (Å²) in [7, 11) is 0. The van der Waals surface area contributed by atoms with Crippen molar-refractivity contribution in [3.63, 3.8) is 0 Å². The second kappa shape index (κ2) is 5.16. The Bertz CT molecular complexity index is 483. The first-order chi connectivity index (χ1) is 8.56. The lowest BCUT2D eigenvalue weighted by Gasteiger charge is -2.07. The zero-order chi connectivity index (χ0) is 13.1. The molecule has 0 atom stereocenters. The number of esters is 1. The van der Waals surface area contributed by atoms with Crippen molar-refractivity contribution < 1.29 is 18.7 Å². The Morgan fingerprint density at radius 3 is 2.78 bits per heavy atom. The Hall–Kier alpha value is -1.91. The lowest BCUT2D eigenvalue weighted by atomic mass is 10.2. The van der Waals surface area contributed by atoms with Crippen LogP contribution >= 0.6 is 0 Å². The molecule has 1 fully saturated rings. The van der Waals surface area contributed by atoms with Gasteiger partial charge in [-0.3, -0.25) is 9.59 Å². The van der Waals surface area contributed by atoms with Crippen LogP contribution in [0.25, 0.3) is 0 Å². The van der Waals surface area contributed by atoms with Crippen molar-refractivity contribution in [1.29, 1.82) is 0 Å². The van der Waals surface area contributed by atoms with Crippen LogP contribution < -0.4 is 5.32 Å². The molecule has 0 unspecified atom stereocenters. The number of amides is 1. The lowest BCUT2D eigenvalue weighted by Crippen LogP contribution is -2.22. The Morgan fingerprint density at radius 2 is 2.17 bits per heavy atom. The first-order valence-corrected chi connectivity index (χ1v) is 5.79. The summed E-state index contributed by atoms with van der Waals surface area (Å²) in [6.07, 6.45) is 1.65. The molecule has 1 N–H and O–H groups in total. The predicted molar refractivity (Wildman–Crippen MR) is 63.4 cm³/mol. The number of ether oxygens (including phenoxy) is 1. The molecule has 0 saturated heterocycles. The lowest BCUT2D eigenvalue weighted by molar-refractivity contribution is -0.148. The number of aryl methyl sites for hydroxylation is 1. The standard InChI is InChI=1S/C13H14FNO3/c1-8-2-5-11(10(14)6-8)15-12(16)7-18-13(17)9-3-4-9/h2,5-6,9H,3-4,7H2,1H3,(H,15,16). The largest absolute Gasteiger partial charge is 0.455 e. The van der Waals surface area contributed by atoms with E-state index in [1.54, 1.807) is 13.0 Å². The molecular weight excluding hydrogens is 237 g/mol. The van der Waals surface area contributed by atoms with Crippen LogP contribution in [-0.2, 0) is 14.3 Å². The molecule has 1 aliphatic carbocycles. The van der Waals surface area contributed by atoms with Gasteiger partial charge in [0.05, 0.1) is 11.6 Å². The van der Waals surface area contributed by atoms with Gasteiger partial charge in [-0.05, 0) is 37.5 Å². The summed E-state index contributed by atoms with van der Waals surface area (Å²) < 4.78 is 18.2. The maximum Gasteiger partial charge on any atom is 0.309 e. The minimum absolute atomic E-state index is 0.0473. The summed E-state index contributed by atoms with van der Waals surface area (Å²) in [4.78, 5) is 22.6. The minimum atomic E-state index is -0.535. The van der Waals surface area contributed by atoms with Crippen LogP contribution in [0.3, 0.4) is 0 Å². The number of anilines is 1. The zero-order valence-electron chi connectivity index (χ0n) is 10.0. The minimum Gasteiger partial charge on any atom is -0.455 e. The van der Waals surface area contributed by atoms with Crippen LogP contribution in [0.4, 0.5) is 10.1 Å². The second-order valence-electron chi connectivity index (χ2n) is 4.41. The Kier molecular flexibility index (Phi) is 3.60. The Balaban J connectivity index is 1.84. The number of carbonyl (C=O) groups excluding carboxylic acids is 2. The fraction of sp³-hybridized carbons (Fsp3) is 0.385. The topological polar surface area (TPSA) is 55.4 Å². The molecule has 4 nitrogen and oxygen atoms in total. The van der Waals surface area contributed by atoms with Gasteiger partial charge < -0.3 is 10.1 Å². The molecule has 96 valence electrons. The Morgan fingerprint density at radius 1 is 1.44 bits per heavy atom. The van der Waals surface area contributed by atoms with Gasteiger partial charge in [0.2, 0.25) is 0 Å². The first kappa shape index (κ1) is 12.5. The quantitative estimate of drug-likeness (QED) is 0.833. The van der Waals surface area contributed by atoms with E-state index in [0.717, 1.165) is 18.4 Å². The van der Waals surface area contributed by atoms with Crippen molar-refractivity contribution in [2.24, 2.45) is 5.92 Å². The number of nitrogens with one attached hydrogen (secondary N) is 1. The highest BCUT2D eigenvalue weighted by molar-refractivity contribution is 5.93. The summed E-state index contributed by atoms with van der Waals surface area (Å²) in [5.41, 5.74) is 0.860. The maximum atomic E-state index is 13.4. The predicted octanol–water partition coefficient (Wildman–Crippen LogP) is 2.03. The fourth-order valence-electron chi connectivity index (χ4n) is 1.48. The average Bonchev–Trinajstić information content (AvgIpc) is 3.14. The molecule has 0 bridgehead atoms. The van der Waals surface area contributed by atoms with Gasteiger partial charge in [-0.15, -0.1) is 0 Å². The molecule has 1 amide bonds. The van der Waals surface area contributed by atoms with Crippen molar-refractivity contribution in [2.45, 2.75) is 19.8 Å². The van der Waals surface area contributed by atoms with E-state index >= 15 is 0 Å². The summed E-state index contributed by atoms with van der Waals surface area (Å²) in [5.74, 6) is -1.44. The van der Waals surface area contributed by atoms with Gasteiger partial charge in [-0.2, -0.15) is 0 Å². The van der Waals surface area contributed by atoms with Gasteiger partial charge in [0, 0.05) is 0 Å². The third-order valence-electron chi connectivity index (χ3n) is 2.65. The fourth-order valence-corrected chi connectivity index (χ4v) is 1.48. The van der Waals surface area contributed by atoms with Crippen molar-refractivity contribution in [3.8, 4) is 0 Å². The van der Waals surface area contributed by atoms with Crippen LogP contribution in [-0.4, -0.2) is 18.5 Å². The molecule has 1 aromatic carbocycles. The molecule has 1 saturated carbocycles. The molecule has 5 heteroatoms. The van der Waals surface area contributed by atoms with Crippen LogP contribution in [0, 0.1) is 18.7 Å². The highest BCUT2D eigenvalue weighted by Crippen LogP contribution is 2.29. The third kappa shape index (κ3) is 3.29. The van der Waals surface area contributed by atoms with E-state index in [0.29, 0.717) is 0 Å². The van der Waals surface area contributed by atoms with Gasteiger partial charge >= 0.3 is 5.97 Å². The highest BCUT2D eigenvalue weighted by Gasteiger charge is 2.31. The number of halogens is 1. The second-order valence-corrected chi connectivity index (χ2v) is 4.41. The summed E-state index contributed by atoms with van der Waals surface area (Å²) in [6.45, 7) is 1.38. The molecule has 0 spiro atoms. The molecule has 0 heterocycles. The van der Waals surface area contributed by atoms with E-state index in [1.165, 1.54) is 12.1 Å². The van der Waals surface area contributed by atoms with Crippen LogP contribution in [0.2, 0.25) is 0 Å². The molecule has 2 rings (SSSR count). The van der Waals surface area contributed by atoms with Crippen LogP contribution in [0.5, 0.6) is 0 Å². The molecule has 18 heavy (non-hydrogen) atoms. The normalized spacial score (nSPS) is 14.1. The molecule has 0 aliphatic heterocycles. The maximum absolute atomic E-state index is 13.4. The van der Waals surface area contributed by atoms with Crippen molar-refractivity contribution >= 4 is 17.6 Å². The molecule has 1 aromatic rings. The number of hydrogen-bond donors (Lipinski definition) is 1. The van der Waals surface area contributed by atoms with Gasteiger partial charge in [-0.1, -0.05) is 6.07 Å². The van der Waals surface area contributed by atoms with Crippen molar-refractivity contribution in [3.05, 3.63) is 29.6 Å². The van der Waals surface area contributed by atoms with E-state index in [1.807, 2.05) is 0 Å². The van der Waals surface area contributed by atoms with Crippen LogP contribution in [0.1, 0.15) is 18.4 Å². The molecule has 0 aromatic heterocycles. The van der Waals surface area contributed by atoms with Gasteiger partial charge in [0.1, 0.15) is 5.82 Å². The Labute approximate surface area is 104 Å². The van der Waals surface area contributed by atoms with E-state index in [2.05, 4.69) is 5.32 Å². The van der Waals surface area contributed by atoms with E-state index < -0.39 is 11.7 Å². The highest BCUT2D eigenvalue weighted by atomic mass is 19.1. The summed E-state index contributed by atoms with van der Waals surface area (Å²) in [6, 6.07) is 4.49. The molecule has 0 radical (unpaired) electrons. The van der Waals surface area contributed by atoms with Crippen molar-refractivity contribution in [2.75, 3.05) is 11.9 Å². The zero-order valence-corrected chi connectivity index (χ0v) is 10.0. The first-order valence-electron chi connectivity index (χ1n) is 5.79. The van der Waals surface area contributed by atoms with Gasteiger partial charge in [-0.25, -0.2) is 4.39 Å². The number of benzene rings is 1. The van der Waals surface area contributed by atoms with Crippen LogP contribution in [0.15, 0.2) is 18.2 Å². The third-order valence-corrected chi connectivity index (χ3v) is 2.65. The summed E-state index contributed by atoms with van der Waals surface area (Å²) in [5, 5.41) is 2.36.